The van der Waals surface area contributed by atoms with Crippen LogP contribution in [0.4, 0.5) is 0 Å². The predicted octanol–water partition coefficient (Wildman–Crippen LogP) is 4.09. The van der Waals surface area contributed by atoms with Crippen LogP contribution in [-0.4, -0.2) is 58.4 Å². The first kappa shape index (κ1) is 18.6. The minimum atomic E-state index is -0.0305. The SMILES string of the molecule is O=C(c1ccc2c(ccn2C(=O)c2cccs2)c1)N1CCN(C2CCCC2)CC1. The second-order valence-corrected chi connectivity index (χ2v) is 8.96. The number of amides is 1. The van der Waals surface area contributed by atoms with E-state index in [2.05, 4.69) is 4.90 Å². The van der Waals surface area contributed by atoms with Crippen molar-refractivity contribution in [2.24, 2.45) is 0 Å². The van der Waals surface area contributed by atoms with Crippen molar-refractivity contribution < 1.29 is 9.59 Å². The van der Waals surface area contributed by atoms with Gasteiger partial charge in [0.25, 0.3) is 11.8 Å². The van der Waals surface area contributed by atoms with E-state index >= 15 is 0 Å². The largest absolute Gasteiger partial charge is 0.336 e. The van der Waals surface area contributed by atoms with E-state index in [1.54, 1.807) is 10.8 Å². The summed E-state index contributed by atoms with van der Waals surface area (Å²) >= 11 is 1.44. The second-order valence-electron chi connectivity index (χ2n) is 8.01. The van der Waals surface area contributed by atoms with E-state index in [4.69, 9.17) is 0 Å². The van der Waals surface area contributed by atoms with Gasteiger partial charge in [-0.2, -0.15) is 0 Å². The molecule has 2 aliphatic rings. The molecule has 1 amide bonds. The number of aromatic nitrogens is 1. The van der Waals surface area contributed by atoms with E-state index in [-0.39, 0.29) is 11.8 Å². The summed E-state index contributed by atoms with van der Waals surface area (Å²) in [6.45, 7) is 3.55. The molecule has 5 rings (SSSR count). The van der Waals surface area contributed by atoms with E-state index in [0.717, 1.165) is 43.1 Å². The Balaban J connectivity index is 1.31. The molecule has 29 heavy (non-hydrogen) atoms. The Bertz CT molecular complexity index is 1030. The van der Waals surface area contributed by atoms with Crippen LogP contribution in [-0.2, 0) is 0 Å². The highest BCUT2D eigenvalue weighted by Gasteiger charge is 2.28. The third-order valence-electron chi connectivity index (χ3n) is 6.33. The molecule has 1 aromatic carbocycles. The summed E-state index contributed by atoms with van der Waals surface area (Å²) in [6, 6.07) is 12.0. The van der Waals surface area contributed by atoms with Crippen molar-refractivity contribution in [3.05, 3.63) is 58.4 Å². The molecule has 3 aromatic rings. The summed E-state index contributed by atoms with van der Waals surface area (Å²) in [5.41, 5.74) is 1.54. The number of benzene rings is 1. The fraction of sp³-hybridized carbons (Fsp3) is 0.391. The lowest BCUT2D eigenvalue weighted by molar-refractivity contribution is 0.0573. The van der Waals surface area contributed by atoms with Crippen LogP contribution in [0.2, 0.25) is 0 Å². The molecule has 2 aromatic heterocycles. The van der Waals surface area contributed by atoms with Gasteiger partial charge in [0.05, 0.1) is 10.4 Å². The standard InChI is InChI=1S/C23H25N3O2S/c27-22(25-13-11-24(12-14-25)19-4-1-2-5-19)18-7-8-20-17(16-18)9-10-26(20)23(28)21-6-3-15-29-21/h3,6-10,15-16,19H,1-2,4-5,11-14H2. The number of fused-ring (bicyclic) bond motifs is 1. The summed E-state index contributed by atoms with van der Waals surface area (Å²) in [7, 11) is 0. The smallest absolute Gasteiger partial charge is 0.272 e. The first-order valence-electron chi connectivity index (χ1n) is 10.4. The Labute approximate surface area is 174 Å². The maximum atomic E-state index is 13.0. The normalized spacial score (nSPS) is 18.6. The maximum absolute atomic E-state index is 13.0. The highest BCUT2D eigenvalue weighted by molar-refractivity contribution is 7.12. The van der Waals surface area contributed by atoms with Gasteiger partial charge in [0.15, 0.2) is 0 Å². The van der Waals surface area contributed by atoms with Gasteiger partial charge in [0, 0.05) is 49.4 Å². The van der Waals surface area contributed by atoms with Crippen LogP contribution in [0.5, 0.6) is 0 Å². The Morgan fingerprint density at radius 2 is 1.72 bits per heavy atom. The van der Waals surface area contributed by atoms with Crippen molar-refractivity contribution in [3.63, 3.8) is 0 Å². The summed E-state index contributed by atoms with van der Waals surface area (Å²) in [4.78, 5) is 31.0. The van der Waals surface area contributed by atoms with Crippen molar-refractivity contribution in [2.45, 2.75) is 31.7 Å². The number of piperazine rings is 1. The fourth-order valence-electron chi connectivity index (χ4n) is 4.71. The van der Waals surface area contributed by atoms with E-state index < -0.39 is 0 Å². The van der Waals surface area contributed by atoms with Crippen molar-refractivity contribution in [2.75, 3.05) is 26.2 Å². The second kappa shape index (κ2) is 7.76. The maximum Gasteiger partial charge on any atom is 0.272 e. The van der Waals surface area contributed by atoms with Crippen LogP contribution < -0.4 is 0 Å². The van der Waals surface area contributed by atoms with Crippen LogP contribution in [0.25, 0.3) is 10.9 Å². The molecular formula is C23H25N3O2S. The molecule has 1 saturated heterocycles. The quantitative estimate of drug-likeness (QED) is 0.657. The van der Waals surface area contributed by atoms with Gasteiger partial charge in [-0.15, -0.1) is 11.3 Å². The number of carbonyl (C=O) groups excluding carboxylic acids is 2. The van der Waals surface area contributed by atoms with Gasteiger partial charge in [-0.1, -0.05) is 18.9 Å². The monoisotopic (exact) mass is 407 g/mol. The number of carbonyl (C=O) groups is 2. The van der Waals surface area contributed by atoms with Crippen molar-refractivity contribution >= 4 is 34.1 Å². The van der Waals surface area contributed by atoms with Gasteiger partial charge >= 0.3 is 0 Å². The summed E-state index contributed by atoms with van der Waals surface area (Å²) < 4.78 is 1.66. The zero-order chi connectivity index (χ0) is 19.8. The van der Waals surface area contributed by atoms with Gasteiger partial charge in [0.2, 0.25) is 0 Å². The average Bonchev–Trinajstić information content (AvgIpc) is 3.54. The predicted molar refractivity (Wildman–Crippen MR) is 116 cm³/mol. The molecule has 0 spiro atoms. The number of hydrogen-bond acceptors (Lipinski definition) is 4. The molecule has 0 atom stereocenters. The van der Waals surface area contributed by atoms with E-state index in [1.807, 2.05) is 46.7 Å². The molecule has 2 fully saturated rings. The third-order valence-corrected chi connectivity index (χ3v) is 7.19. The number of thiophene rings is 1. The van der Waals surface area contributed by atoms with Gasteiger partial charge in [0.1, 0.15) is 0 Å². The minimum Gasteiger partial charge on any atom is -0.336 e. The summed E-state index contributed by atoms with van der Waals surface area (Å²) in [5, 5.41) is 2.83. The molecule has 1 saturated carbocycles. The Hall–Kier alpha value is -2.44. The molecular weight excluding hydrogens is 382 g/mol. The topological polar surface area (TPSA) is 45.6 Å². The minimum absolute atomic E-state index is 0.0305. The molecule has 0 N–H and O–H groups in total. The summed E-state index contributed by atoms with van der Waals surface area (Å²) in [6.07, 6.45) is 7.11. The summed E-state index contributed by atoms with van der Waals surface area (Å²) in [5.74, 6) is 0.0624. The van der Waals surface area contributed by atoms with Crippen LogP contribution in [0.1, 0.15) is 45.7 Å². The lowest BCUT2D eigenvalue weighted by Gasteiger charge is -2.38. The van der Waals surface area contributed by atoms with E-state index in [1.165, 1.54) is 37.0 Å². The van der Waals surface area contributed by atoms with Crippen molar-refractivity contribution in [1.82, 2.24) is 14.4 Å². The number of rotatable bonds is 3. The lowest BCUT2D eigenvalue weighted by Crippen LogP contribution is -2.51. The molecule has 3 heterocycles. The van der Waals surface area contributed by atoms with Gasteiger partial charge in [-0.25, -0.2) is 0 Å². The Morgan fingerprint density at radius 3 is 2.45 bits per heavy atom. The van der Waals surface area contributed by atoms with E-state index in [9.17, 15) is 9.59 Å². The first-order chi connectivity index (χ1) is 14.2. The molecule has 0 radical (unpaired) electrons. The van der Waals surface area contributed by atoms with Gasteiger partial charge < -0.3 is 4.90 Å². The zero-order valence-corrected chi connectivity index (χ0v) is 17.2. The number of nitrogens with zero attached hydrogens (tertiary/aromatic N) is 3. The molecule has 1 aliphatic heterocycles. The van der Waals surface area contributed by atoms with Crippen LogP contribution in [0.3, 0.4) is 0 Å². The molecule has 0 bridgehead atoms. The highest BCUT2D eigenvalue weighted by Crippen LogP contribution is 2.25. The van der Waals surface area contributed by atoms with Gasteiger partial charge in [-0.3, -0.25) is 19.1 Å². The Kier molecular flexibility index (Phi) is 4.97. The van der Waals surface area contributed by atoms with Crippen molar-refractivity contribution in [3.8, 4) is 0 Å². The van der Waals surface area contributed by atoms with Crippen molar-refractivity contribution in [1.29, 1.82) is 0 Å². The van der Waals surface area contributed by atoms with Crippen LogP contribution in [0, 0.1) is 0 Å². The van der Waals surface area contributed by atoms with Crippen LogP contribution >= 0.6 is 11.3 Å². The molecule has 150 valence electrons. The zero-order valence-electron chi connectivity index (χ0n) is 16.4. The Morgan fingerprint density at radius 1 is 0.931 bits per heavy atom. The average molecular weight is 408 g/mol. The lowest BCUT2D eigenvalue weighted by atomic mass is 10.1. The molecule has 0 unspecified atom stereocenters. The molecule has 5 nitrogen and oxygen atoms in total. The van der Waals surface area contributed by atoms with E-state index in [0.29, 0.717) is 10.4 Å². The first-order valence-corrected chi connectivity index (χ1v) is 11.3. The van der Waals surface area contributed by atoms with Crippen LogP contribution in [0.15, 0.2) is 48.0 Å². The molecule has 6 heteroatoms. The highest BCUT2D eigenvalue weighted by atomic mass is 32.1. The molecule has 1 aliphatic carbocycles. The van der Waals surface area contributed by atoms with Gasteiger partial charge in [-0.05, 0) is 48.6 Å². The fourth-order valence-corrected chi connectivity index (χ4v) is 5.37. The number of hydrogen-bond donors (Lipinski definition) is 0. The third kappa shape index (κ3) is 3.51.